The minimum Gasteiger partial charge on any atom is -0.326 e. The summed E-state index contributed by atoms with van der Waals surface area (Å²) in [5.74, 6) is -4.81. The molecule has 166 valence electrons. The Morgan fingerprint density at radius 1 is 1.00 bits per heavy atom. The first-order chi connectivity index (χ1) is 15.2. The Hall–Kier alpha value is -3.49. The predicted octanol–water partition coefficient (Wildman–Crippen LogP) is 3.91. The van der Waals surface area contributed by atoms with Gasteiger partial charge in [-0.2, -0.15) is 13.2 Å². The van der Waals surface area contributed by atoms with Crippen molar-refractivity contribution in [3.63, 3.8) is 0 Å². The maximum atomic E-state index is 14.6. The number of carbonyl (C=O) groups is 3. The summed E-state index contributed by atoms with van der Waals surface area (Å²) in [5.41, 5.74) is -4.50. The maximum Gasteiger partial charge on any atom is 0.425 e. The standard InChI is InChI=1S/C23H18F4N2O3/c24-16-10-5-4-9-15(16)20(31)28-22(23(25,26)27)19-17(11-6-12-18(19)30)29(21(22)32)13-14-7-2-1-3-8-14/h1-5,7-10H,6,11-13H2,(H,28,31)/t22-/m1/s1. The van der Waals surface area contributed by atoms with Crippen LogP contribution in [0.15, 0.2) is 65.9 Å². The summed E-state index contributed by atoms with van der Waals surface area (Å²) in [4.78, 5) is 39.7. The SMILES string of the molecule is O=C1CCCC2=C1[C@](NC(=O)c1ccccc1F)(C(F)(F)F)C(=O)N2Cc1ccccc1. The van der Waals surface area contributed by atoms with Crippen LogP contribution >= 0.6 is 0 Å². The summed E-state index contributed by atoms with van der Waals surface area (Å²) in [6.07, 6.45) is -5.15. The second kappa shape index (κ2) is 7.89. The lowest BCUT2D eigenvalue weighted by molar-refractivity contribution is -0.190. The Balaban J connectivity index is 1.84. The molecule has 2 aliphatic rings. The molecule has 0 radical (unpaired) electrons. The van der Waals surface area contributed by atoms with Gasteiger partial charge in [-0.05, 0) is 30.5 Å². The van der Waals surface area contributed by atoms with Gasteiger partial charge in [0.05, 0.1) is 17.7 Å². The molecule has 0 aromatic heterocycles. The highest BCUT2D eigenvalue weighted by molar-refractivity contribution is 6.14. The third-order valence-electron chi connectivity index (χ3n) is 5.68. The number of hydrogen-bond donors (Lipinski definition) is 1. The van der Waals surface area contributed by atoms with Gasteiger partial charge in [-0.15, -0.1) is 0 Å². The van der Waals surface area contributed by atoms with Crippen LogP contribution in [0.4, 0.5) is 17.6 Å². The zero-order valence-electron chi connectivity index (χ0n) is 16.7. The molecule has 0 fully saturated rings. The van der Waals surface area contributed by atoms with E-state index in [0.717, 1.165) is 17.0 Å². The van der Waals surface area contributed by atoms with Crippen molar-refractivity contribution in [1.82, 2.24) is 10.2 Å². The highest BCUT2D eigenvalue weighted by Gasteiger charge is 2.71. The minimum absolute atomic E-state index is 0.0544. The van der Waals surface area contributed by atoms with Crippen LogP contribution in [0, 0.1) is 5.82 Å². The van der Waals surface area contributed by atoms with Crippen molar-refractivity contribution in [3.05, 3.63) is 82.8 Å². The van der Waals surface area contributed by atoms with E-state index >= 15 is 0 Å². The lowest BCUT2D eigenvalue weighted by atomic mass is 9.82. The van der Waals surface area contributed by atoms with Gasteiger partial charge in [-0.1, -0.05) is 42.5 Å². The van der Waals surface area contributed by atoms with Crippen LogP contribution < -0.4 is 5.32 Å². The van der Waals surface area contributed by atoms with E-state index in [2.05, 4.69) is 0 Å². The summed E-state index contributed by atoms with van der Waals surface area (Å²) in [7, 11) is 0. The maximum absolute atomic E-state index is 14.6. The molecule has 1 N–H and O–H groups in total. The number of rotatable bonds is 4. The Bertz CT molecular complexity index is 1130. The van der Waals surface area contributed by atoms with Gasteiger partial charge in [0.15, 0.2) is 5.78 Å². The molecule has 1 heterocycles. The van der Waals surface area contributed by atoms with Gasteiger partial charge < -0.3 is 10.2 Å². The quantitative estimate of drug-likeness (QED) is 0.725. The van der Waals surface area contributed by atoms with Crippen LogP contribution in [-0.2, 0) is 16.1 Å². The molecule has 0 saturated heterocycles. The molecule has 0 unspecified atom stereocenters. The van der Waals surface area contributed by atoms with Crippen molar-refractivity contribution >= 4 is 17.6 Å². The van der Waals surface area contributed by atoms with E-state index in [1.807, 2.05) is 0 Å². The molecule has 4 rings (SSSR count). The monoisotopic (exact) mass is 446 g/mol. The molecule has 0 bridgehead atoms. The molecule has 1 atom stereocenters. The Labute approximate surface area is 180 Å². The Kier molecular flexibility index (Phi) is 5.36. The normalized spacial score (nSPS) is 21.1. The van der Waals surface area contributed by atoms with Crippen molar-refractivity contribution < 1.29 is 31.9 Å². The zero-order valence-corrected chi connectivity index (χ0v) is 16.7. The van der Waals surface area contributed by atoms with Gasteiger partial charge in [0, 0.05) is 12.1 Å². The van der Waals surface area contributed by atoms with E-state index in [1.165, 1.54) is 12.1 Å². The van der Waals surface area contributed by atoms with Crippen molar-refractivity contribution in [2.24, 2.45) is 0 Å². The molecule has 0 spiro atoms. The number of hydrogen-bond acceptors (Lipinski definition) is 3. The molecular formula is C23H18F4N2O3. The van der Waals surface area contributed by atoms with Gasteiger partial charge in [0.1, 0.15) is 5.82 Å². The van der Waals surface area contributed by atoms with Gasteiger partial charge >= 0.3 is 6.18 Å². The van der Waals surface area contributed by atoms with Gasteiger partial charge in [-0.3, -0.25) is 14.4 Å². The number of benzene rings is 2. The number of Topliss-reactive ketones (excluding diaryl/α,β-unsaturated/α-hetero) is 1. The molecule has 2 aromatic carbocycles. The lowest BCUT2D eigenvalue weighted by Crippen LogP contribution is -2.66. The number of amides is 2. The summed E-state index contributed by atoms with van der Waals surface area (Å²) < 4.78 is 57.8. The first-order valence-corrected chi connectivity index (χ1v) is 9.93. The molecule has 0 saturated carbocycles. The average Bonchev–Trinajstić information content (AvgIpc) is 2.99. The van der Waals surface area contributed by atoms with Gasteiger partial charge in [0.25, 0.3) is 11.8 Å². The molecule has 1 aliphatic heterocycles. The molecule has 2 aromatic rings. The fourth-order valence-electron chi connectivity index (χ4n) is 4.22. The Morgan fingerprint density at radius 3 is 2.31 bits per heavy atom. The number of nitrogens with zero attached hydrogens (tertiary/aromatic N) is 1. The van der Waals surface area contributed by atoms with E-state index < -0.39 is 46.3 Å². The average molecular weight is 446 g/mol. The second-order valence-corrected chi connectivity index (χ2v) is 7.66. The number of alkyl halides is 3. The number of carbonyl (C=O) groups excluding carboxylic acids is 3. The summed E-state index contributed by atoms with van der Waals surface area (Å²) in [6, 6.07) is 12.8. The Morgan fingerprint density at radius 2 is 1.66 bits per heavy atom. The zero-order chi connectivity index (χ0) is 23.1. The van der Waals surface area contributed by atoms with Crippen LogP contribution in [0.2, 0.25) is 0 Å². The first-order valence-electron chi connectivity index (χ1n) is 9.93. The van der Waals surface area contributed by atoms with Crippen molar-refractivity contribution in [2.45, 2.75) is 37.5 Å². The highest BCUT2D eigenvalue weighted by Crippen LogP contribution is 2.48. The summed E-state index contributed by atoms with van der Waals surface area (Å²) in [5, 5.41) is 1.71. The van der Waals surface area contributed by atoms with Crippen LogP contribution in [0.1, 0.15) is 35.2 Å². The third-order valence-corrected chi connectivity index (χ3v) is 5.68. The number of nitrogens with one attached hydrogen (secondary N) is 1. The minimum atomic E-state index is -5.33. The van der Waals surface area contributed by atoms with E-state index in [-0.39, 0.29) is 31.5 Å². The van der Waals surface area contributed by atoms with Crippen molar-refractivity contribution in [2.75, 3.05) is 0 Å². The topological polar surface area (TPSA) is 66.5 Å². The second-order valence-electron chi connectivity index (χ2n) is 7.66. The largest absolute Gasteiger partial charge is 0.425 e. The van der Waals surface area contributed by atoms with Crippen LogP contribution in [-0.4, -0.2) is 34.2 Å². The highest BCUT2D eigenvalue weighted by atomic mass is 19.4. The summed E-state index contributed by atoms with van der Waals surface area (Å²) >= 11 is 0. The van der Waals surface area contributed by atoms with E-state index in [1.54, 1.807) is 35.6 Å². The molecule has 9 heteroatoms. The van der Waals surface area contributed by atoms with Crippen LogP contribution in [0.25, 0.3) is 0 Å². The molecular weight excluding hydrogens is 428 g/mol. The fourth-order valence-corrected chi connectivity index (χ4v) is 4.22. The van der Waals surface area contributed by atoms with Crippen molar-refractivity contribution in [3.8, 4) is 0 Å². The molecule has 2 amide bonds. The fraction of sp³-hybridized carbons (Fsp3) is 0.261. The van der Waals surface area contributed by atoms with Gasteiger partial charge in [-0.25, -0.2) is 4.39 Å². The predicted molar refractivity (Wildman–Crippen MR) is 106 cm³/mol. The van der Waals surface area contributed by atoms with E-state index in [0.29, 0.717) is 5.56 Å². The molecule has 5 nitrogen and oxygen atoms in total. The number of ketones is 1. The molecule has 1 aliphatic carbocycles. The van der Waals surface area contributed by atoms with Crippen molar-refractivity contribution in [1.29, 1.82) is 0 Å². The van der Waals surface area contributed by atoms with Crippen LogP contribution in [0.3, 0.4) is 0 Å². The first kappa shape index (κ1) is 21.7. The lowest BCUT2D eigenvalue weighted by Gasteiger charge is -2.33. The third kappa shape index (κ3) is 3.37. The number of halogens is 4. The van der Waals surface area contributed by atoms with E-state index in [9.17, 15) is 31.9 Å². The van der Waals surface area contributed by atoms with E-state index in [4.69, 9.17) is 0 Å². The van der Waals surface area contributed by atoms with Crippen LogP contribution in [0.5, 0.6) is 0 Å². The number of allylic oxidation sites excluding steroid dienone is 1. The van der Waals surface area contributed by atoms with Gasteiger partial charge in [0.2, 0.25) is 5.54 Å². The molecule has 32 heavy (non-hydrogen) atoms. The summed E-state index contributed by atoms with van der Waals surface area (Å²) in [6.45, 7) is -0.195. The smallest absolute Gasteiger partial charge is 0.326 e.